The predicted molar refractivity (Wildman–Crippen MR) is 70.4 cm³/mol. The molecule has 0 saturated heterocycles. The van der Waals surface area contributed by atoms with Crippen molar-refractivity contribution in [2.24, 2.45) is 11.5 Å². The van der Waals surface area contributed by atoms with E-state index in [1.165, 1.54) is 0 Å². The van der Waals surface area contributed by atoms with E-state index in [1.54, 1.807) is 13.0 Å². The maximum absolute atomic E-state index is 11.0. The highest BCUT2D eigenvalue weighted by Crippen LogP contribution is 2.35. The van der Waals surface area contributed by atoms with E-state index >= 15 is 0 Å². The summed E-state index contributed by atoms with van der Waals surface area (Å²) >= 11 is 0. The molecule has 0 fully saturated rings. The molecule has 0 aliphatic carbocycles. The lowest BCUT2D eigenvalue weighted by atomic mass is 9.98. The highest BCUT2D eigenvalue weighted by molar-refractivity contribution is 5.73. The molecule has 0 bridgehead atoms. The summed E-state index contributed by atoms with van der Waals surface area (Å²) in [6.07, 6.45) is -0.451. The van der Waals surface area contributed by atoms with E-state index in [9.17, 15) is 9.59 Å². The molecule has 0 unspecified atom stereocenters. The van der Waals surface area contributed by atoms with Crippen LogP contribution in [0.3, 0.4) is 0 Å². The second-order valence-corrected chi connectivity index (χ2v) is 4.02. The molecule has 6 nitrogen and oxygen atoms in total. The average molecular weight is 266 g/mol. The topological polar surface area (TPSA) is 105 Å². The Hall–Kier alpha value is -2.24. The SMILES string of the molecule is CCc1cc(OC(N)=O)c(C)c(OC(N)=O)c1CC. The molecule has 104 valence electrons. The van der Waals surface area contributed by atoms with Crippen molar-refractivity contribution in [2.75, 3.05) is 0 Å². The van der Waals surface area contributed by atoms with Crippen molar-refractivity contribution in [3.8, 4) is 11.5 Å². The number of rotatable bonds is 4. The van der Waals surface area contributed by atoms with Crippen LogP contribution in [-0.2, 0) is 12.8 Å². The van der Waals surface area contributed by atoms with E-state index in [4.69, 9.17) is 20.9 Å². The summed E-state index contributed by atoms with van der Waals surface area (Å²) in [7, 11) is 0. The molecule has 0 aromatic heterocycles. The Balaban J connectivity index is 3.45. The summed E-state index contributed by atoms with van der Waals surface area (Å²) in [5, 5.41) is 0. The summed E-state index contributed by atoms with van der Waals surface area (Å²) in [5.74, 6) is 0.614. The van der Waals surface area contributed by atoms with Gasteiger partial charge in [0.2, 0.25) is 0 Å². The Labute approximate surface area is 111 Å². The molecule has 0 spiro atoms. The van der Waals surface area contributed by atoms with Crippen LogP contribution >= 0.6 is 0 Å². The van der Waals surface area contributed by atoms with Gasteiger partial charge >= 0.3 is 12.2 Å². The van der Waals surface area contributed by atoms with E-state index in [-0.39, 0.29) is 5.75 Å². The zero-order valence-corrected chi connectivity index (χ0v) is 11.3. The molecule has 1 aromatic rings. The summed E-state index contributed by atoms with van der Waals surface area (Å²) in [6.45, 7) is 5.57. The fraction of sp³-hybridized carbons (Fsp3) is 0.385. The lowest BCUT2D eigenvalue weighted by molar-refractivity contribution is 0.208. The van der Waals surface area contributed by atoms with Crippen LogP contribution in [0.1, 0.15) is 30.5 Å². The van der Waals surface area contributed by atoms with E-state index in [2.05, 4.69) is 0 Å². The predicted octanol–water partition coefficient (Wildman–Crippen LogP) is 2.03. The van der Waals surface area contributed by atoms with Crippen molar-refractivity contribution >= 4 is 12.2 Å². The van der Waals surface area contributed by atoms with Gasteiger partial charge in [-0.3, -0.25) is 0 Å². The van der Waals surface area contributed by atoms with Crippen molar-refractivity contribution in [1.29, 1.82) is 0 Å². The number of benzene rings is 1. The highest BCUT2D eigenvalue weighted by atomic mass is 16.6. The Kier molecular flexibility index (Phi) is 4.74. The van der Waals surface area contributed by atoms with Gasteiger partial charge in [-0.15, -0.1) is 0 Å². The van der Waals surface area contributed by atoms with E-state index < -0.39 is 12.2 Å². The van der Waals surface area contributed by atoms with Gasteiger partial charge in [-0.25, -0.2) is 9.59 Å². The molecular formula is C13H18N2O4. The second-order valence-electron chi connectivity index (χ2n) is 4.02. The van der Waals surface area contributed by atoms with Crippen molar-refractivity contribution in [3.63, 3.8) is 0 Å². The van der Waals surface area contributed by atoms with Gasteiger partial charge in [0.1, 0.15) is 11.5 Å². The zero-order valence-electron chi connectivity index (χ0n) is 11.3. The summed E-state index contributed by atoms with van der Waals surface area (Å²) < 4.78 is 9.95. The summed E-state index contributed by atoms with van der Waals surface area (Å²) in [6, 6.07) is 1.73. The van der Waals surface area contributed by atoms with Gasteiger partial charge in [0.15, 0.2) is 0 Å². The third kappa shape index (κ3) is 3.37. The Morgan fingerprint density at radius 1 is 1.11 bits per heavy atom. The Bertz CT molecular complexity index is 512. The summed E-state index contributed by atoms with van der Waals surface area (Å²) in [5.41, 5.74) is 12.4. The van der Waals surface area contributed by atoms with Gasteiger partial charge in [0.05, 0.1) is 0 Å². The number of hydrogen-bond acceptors (Lipinski definition) is 4. The fourth-order valence-electron chi connectivity index (χ4n) is 1.99. The first kappa shape index (κ1) is 14.8. The van der Waals surface area contributed by atoms with Crippen LogP contribution in [0.25, 0.3) is 0 Å². The first-order valence-corrected chi connectivity index (χ1v) is 6.00. The lowest BCUT2D eigenvalue weighted by Gasteiger charge is -2.17. The first-order chi connectivity index (χ1) is 8.90. The fourth-order valence-corrected chi connectivity index (χ4v) is 1.99. The number of primary amides is 2. The largest absolute Gasteiger partial charge is 0.410 e. The maximum atomic E-state index is 11.0. The second kappa shape index (κ2) is 6.08. The van der Waals surface area contributed by atoms with Crippen LogP contribution in [-0.4, -0.2) is 12.2 Å². The van der Waals surface area contributed by atoms with Crippen LogP contribution in [0.5, 0.6) is 11.5 Å². The zero-order chi connectivity index (χ0) is 14.6. The number of carbonyl (C=O) groups is 2. The van der Waals surface area contributed by atoms with E-state index in [0.717, 1.165) is 11.1 Å². The molecule has 0 atom stereocenters. The molecule has 1 aromatic carbocycles. The average Bonchev–Trinajstić information content (AvgIpc) is 2.32. The number of carbonyl (C=O) groups excluding carboxylic acids is 2. The molecule has 0 saturated carbocycles. The summed E-state index contributed by atoms with van der Waals surface area (Å²) in [4.78, 5) is 21.9. The number of aryl methyl sites for hydroxylation is 1. The molecule has 0 aliphatic heterocycles. The van der Waals surface area contributed by atoms with Crippen LogP contribution in [0, 0.1) is 6.92 Å². The maximum Gasteiger partial charge on any atom is 0.409 e. The molecular weight excluding hydrogens is 248 g/mol. The third-order valence-electron chi connectivity index (χ3n) is 2.82. The van der Waals surface area contributed by atoms with Gasteiger partial charge in [-0.05, 0) is 37.0 Å². The van der Waals surface area contributed by atoms with Crippen molar-refractivity contribution in [1.82, 2.24) is 0 Å². The van der Waals surface area contributed by atoms with Gasteiger partial charge in [0, 0.05) is 5.56 Å². The van der Waals surface area contributed by atoms with Gasteiger partial charge in [-0.1, -0.05) is 13.8 Å². The normalized spacial score (nSPS) is 10.1. The lowest BCUT2D eigenvalue weighted by Crippen LogP contribution is -2.20. The quantitative estimate of drug-likeness (QED) is 0.869. The van der Waals surface area contributed by atoms with Crippen LogP contribution in [0.15, 0.2) is 6.07 Å². The van der Waals surface area contributed by atoms with Crippen molar-refractivity contribution < 1.29 is 19.1 Å². The third-order valence-corrected chi connectivity index (χ3v) is 2.82. The minimum absolute atomic E-state index is 0.276. The van der Waals surface area contributed by atoms with E-state index in [1.807, 2.05) is 13.8 Å². The first-order valence-electron chi connectivity index (χ1n) is 6.00. The minimum atomic E-state index is -0.917. The molecule has 0 radical (unpaired) electrons. The molecule has 0 aliphatic rings. The minimum Gasteiger partial charge on any atom is -0.410 e. The van der Waals surface area contributed by atoms with Crippen LogP contribution < -0.4 is 20.9 Å². The molecule has 1 rings (SSSR count). The molecule has 4 N–H and O–H groups in total. The van der Waals surface area contributed by atoms with Crippen LogP contribution in [0.2, 0.25) is 0 Å². The molecule has 19 heavy (non-hydrogen) atoms. The molecule has 0 heterocycles. The van der Waals surface area contributed by atoms with E-state index in [0.29, 0.717) is 24.2 Å². The number of nitrogens with two attached hydrogens (primary N) is 2. The molecule has 6 heteroatoms. The smallest absolute Gasteiger partial charge is 0.409 e. The van der Waals surface area contributed by atoms with Crippen LogP contribution in [0.4, 0.5) is 9.59 Å². The number of ether oxygens (including phenoxy) is 2. The Morgan fingerprint density at radius 2 is 1.68 bits per heavy atom. The number of amides is 2. The van der Waals surface area contributed by atoms with Crippen molar-refractivity contribution in [3.05, 3.63) is 22.8 Å². The number of hydrogen-bond donors (Lipinski definition) is 2. The molecule has 2 amide bonds. The standard InChI is InChI=1S/C13H18N2O4/c1-4-8-6-10(18-12(14)16)7(3)11(9(8)5-2)19-13(15)17/h6H,4-5H2,1-3H3,(H2,14,16)(H2,15,17). The highest BCUT2D eigenvalue weighted by Gasteiger charge is 2.18. The van der Waals surface area contributed by atoms with Crippen molar-refractivity contribution in [2.45, 2.75) is 33.6 Å². The van der Waals surface area contributed by atoms with Gasteiger partial charge in [0.25, 0.3) is 0 Å². The van der Waals surface area contributed by atoms with Gasteiger partial charge in [-0.2, -0.15) is 0 Å². The van der Waals surface area contributed by atoms with Gasteiger partial charge < -0.3 is 20.9 Å². The monoisotopic (exact) mass is 266 g/mol. The Morgan fingerprint density at radius 3 is 2.11 bits per heavy atom.